The van der Waals surface area contributed by atoms with Gasteiger partial charge in [0.2, 0.25) is 0 Å². The van der Waals surface area contributed by atoms with Crippen LogP contribution in [0.2, 0.25) is 10.0 Å². The van der Waals surface area contributed by atoms with E-state index < -0.39 is 0 Å². The predicted molar refractivity (Wildman–Crippen MR) is 72.3 cm³/mol. The van der Waals surface area contributed by atoms with Crippen LogP contribution in [0.1, 0.15) is 11.3 Å². The summed E-state index contributed by atoms with van der Waals surface area (Å²) in [6, 6.07) is 7.08. The molecule has 0 unspecified atom stereocenters. The minimum atomic E-state index is 0.363. The van der Waals surface area contributed by atoms with Crippen molar-refractivity contribution in [3.05, 3.63) is 51.9 Å². The number of rotatable bonds is 5. The summed E-state index contributed by atoms with van der Waals surface area (Å²) in [5, 5.41) is 4.06. The first-order chi connectivity index (χ1) is 8.70. The van der Waals surface area contributed by atoms with E-state index in [9.17, 15) is 0 Å². The number of hydrogen-bond acceptors (Lipinski definition) is 3. The van der Waals surface area contributed by atoms with Gasteiger partial charge in [-0.15, -0.1) is 0 Å². The van der Waals surface area contributed by atoms with Crippen molar-refractivity contribution >= 4 is 23.2 Å². The highest BCUT2D eigenvalue weighted by Crippen LogP contribution is 2.27. The van der Waals surface area contributed by atoms with Gasteiger partial charge in [-0.25, -0.2) is 0 Å². The van der Waals surface area contributed by atoms with Crippen molar-refractivity contribution in [2.45, 2.75) is 13.2 Å². The fourth-order valence-electron chi connectivity index (χ4n) is 1.56. The van der Waals surface area contributed by atoms with Crippen molar-refractivity contribution in [3.8, 4) is 5.75 Å². The van der Waals surface area contributed by atoms with E-state index in [-0.39, 0.29) is 0 Å². The molecule has 1 heterocycles. The molecule has 5 heteroatoms. The minimum absolute atomic E-state index is 0.363. The topological polar surface area (TPSA) is 34.4 Å². The molecule has 0 spiro atoms. The average Bonchev–Trinajstić information content (AvgIpc) is 2.79. The third-order valence-electron chi connectivity index (χ3n) is 2.47. The summed E-state index contributed by atoms with van der Waals surface area (Å²) in [5.41, 5.74) is 1.08. The fraction of sp³-hybridized carbons (Fsp3) is 0.231. The van der Waals surface area contributed by atoms with E-state index in [4.69, 9.17) is 32.4 Å². The maximum atomic E-state index is 5.91. The van der Waals surface area contributed by atoms with E-state index in [1.807, 2.05) is 13.1 Å². The summed E-state index contributed by atoms with van der Waals surface area (Å²) in [7, 11) is 1.89. The molecule has 2 rings (SSSR count). The lowest BCUT2D eigenvalue weighted by Gasteiger charge is -2.07. The Morgan fingerprint density at radius 1 is 1.22 bits per heavy atom. The highest BCUT2D eigenvalue weighted by Gasteiger charge is 2.07. The molecule has 0 aliphatic carbocycles. The van der Waals surface area contributed by atoms with Gasteiger partial charge < -0.3 is 14.5 Å². The van der Waals surface area contributed by atoms with Crippen LogP contribution in [0.15, 0.2) is 34.9 Å². The summed E-state index contributed by atoms with van der Waals surface area (Å²) >= 11 is 11.7. The molecule has 0 saturated carbocycles. The first kappa shape index (κ1) is 13.3. The number of ether oxygens (including phenoxy) is 1. The summed E-state index contributed by atoms with van der Waals surface area (Å²) in [6.45, 7) is 1.11. The van der Waals surface area contributed by atoms with Crippen LogP contribution in [-0.4, -0.2) is 7.05 Å². The molecule has 0 amide bonds. The largest absolute Gasteiger partial charge is 0.486 e. The molecule has 1 aromatic carbocycles. The van der Waals surface area contributed by atoms with Crippen molar-refractivity contribution in [1.82, 2.24) is 5.32 Å². The molecule has 0 radical (unpaired) electrons. The maximum Gasteiger partial charge on any atom is 0.146 e. The van der Waals surface area contributed by atoms with E-state index in [0.29, 0.717) is 22.4 Å². The van der Waals surface area contributed by atoms with Crippen LogP contribution in [-0.2, 0) is 13.2 Å². The molecule has 0 fully saturated rings. The van der Waals surface area contributed by atoms with Crippen LogP contribution in [0.4, 0.5) is 0 Å². The first-order valence-electron chi connectivity index (χ1n) is 5.48. The molecule has 1 N–H and O–H groups in total. The lowest BCUT2D eigenvalue weighted by atomic mass is 10.2. The van der Waals surface area contributed by atoms with Crippen molar-refractivity contribution in [2.24, 2.45) is 0 Å². The summed E-state index contributed by atoms with van der Waals surface area (Å²) in [6.07, 6.45) is 1.65. The lowest BCUT2D eigenvalue weighted by molar-refractivity contribution is 0.268. The molecule has 2 aromatic rings. The third kappa shape index (κ3) is 3.19. The molecule has 0 saturated heterocycles. The van der Waals surface area contributed by atoms with E-state index in [2.05, 4.69) is 5.32 Å². The van der Waals surface area contributed by atoms with Gasteiger partial charge in [0, 0.05) is 18.2 Å². The van der Waals surface area contributed by atoms with Gasteiger partial charge in [-0.05, 0) is 25.2 Å². The Bertz CT molecular complexity index is 525. The molecule has 0 aliphatic rings. The number of hydrogen-bond donors (Lipinski definition) is 1. The van der Waals surface area contributed by atoms with Crippen LogP contribution in [0.25, 0.3) is 0 Å². The average molecular weight is 286 g/mol. The Labute approximate surface area is 116 Å². The standard InChI is InChI=1S/C13H13Cl2NO2/c1-16-7-9-4-5-17-13(9)8-18-10-2-3-11(14)12(15)6-10/h2-6,16H,7-8H2,1H3. The summed E-state index contributed by atoms with van der Waals surface area (Å²) in [5.74, 6) is 1.46. The van der Waals surface area contributed by atoms with Gasteiger partial charge >= 0.3 is 0 Å². The van der Waals surface area contributed by atoms with Gasteiger partial charge in [-0.3, -0.25) is 0 Å². The van der Waals surface area contributed by atoms with Crippen molar-refractivity contribution in [1.29, 1.82) is 0 Å². The Hall–Kier alpha value is -1.16. The Morgan fingerprint density at radius 3 is 2.78 bits per heavy atom. The van der Waals surface area contributed by atoms with Gasteiger partial charge in [-0.2, -0.15) is 0 Å². The van der Waals surface area contributed by atoms with Crippen molar-refractivity contribution in [2.75, 3.05) is 7.05 Å². The SMILES string of the molecule is CNCc1ccoc1COc1ccc(Cl)c(Cl)c1. The monoisotopic (exact) mass is 285 g/mol. The molecule has 0 bridgehead atoms. The Kier molecular flexibility index (Phi) is 4.53. The van der Waals surface area contributed by atoms with Gasteiger partial charge in [0.25, 0.3) is 0 Å². The number of halogens is 2. The number of benzene rings is 1. The minimum Gasteiger partial charge on any atom is -0.486 e. The van der Waals surface area contributed by atoms with Gasteiger partial charge in [-0.1, -0.05) is 23.2 Å². The molecule has 3 nitrogen and oxygen atoms in total. The van der Waals surface area contributed by atoms with Crippen LogP contribution >= 0.6 is 23.2 Å². The zero-order valence-corrected chi connectivity index (χ0v) is 11.4. The highest BCUT2D eigenvalue weighted by molar-refractivity contribution is 6.42. The third-order valence-corrected chi connectivity index (χ3v) is 3.20. The summed E-state index contributed by atoms with van der Waals surface area (Å²) in [4.78, 5) is 0. The molecule has 18 heavy (non-hydrogen) atoms. The van der Waals surface area contributed by atoms with Crippen LogP contribution in [0.5, 0.6) is 5.75 Å². The maximum absolute atomic E-state index is 5.91. The van der Waals surface area contributed by atoms with Crippen LogP contribution in [0, 0.1) is 0 Å². The second-order valence-electron chi connectivity index (χ2n) is 3.76. The van der Waals surface area contributed by atoms with Crippen molar-refractivity contribution < 1.29 is 9.15 Å². The van der Waals surface area contributed by atoms with Gasteiger partial charge in [0.1, 0.15) is 18.1 Å². The zero-order chi connectivity index (χ0) is 13.0. The molecular formula is C13H13Cl2NO2. The predicted octanol–water partition coefficient (Wildman–Crippen LogP) is 3.88. The van der Waals surface area contributed by atoms with Gasteiger partial charge in [0.05, 0.1) is 16.3 Å². The Balaban J connectivity index is 2.02. The van der Waals surface area contributed by atoms with Crippen LogP contribution in [0.3, 0.4) is 0 Å². The smallest absolute Gasteiger partial charge is 0.146 e. The molecular weight excluding hydrogens is 273 g/mol. The first-order valence-corrected chi connectivity index (χ1v) is 6.24. The highest BCUT2D eigenvalue weighted by atomic mass is 35.5. The van der Waals surface area contributed by atoms with Crippen LogP contribution < -0.4 is 10.1 Å². The molecule has 0 atom stereocenters. The number of furan rings is 1. The van der Waals surface area contributed by atoms with E-state index in [1.165, 1.54) is 0 Å². The fourth-order valence-corrected chi connectivity index (χ4v) is 1.85. The van der Waals surface area contributed by atoms with Crippen molar-refractivity contribution in [3.63, 3.8) is 0 Å². The second-order valence-corrected chi connectivity index (χ2v) is 4.58. The van der Waals surface area contributed by atoms with E-state index >= 15 is 0 Å². The lowest BCUT2D eigenvalue weighted by Crippen LogP contribution is -2.07. The van der Waals surface area contributed by atoms with E-state index in [0.717, 1.165) is 17.9 Å². The molecule has 96 valence electrons. The normalized spacial score (nSPS) is 10.6. The molecule has 1 aromatic heterocycles. The number of nitrogens with one attached hydrogen (secondary N) is 1. The molecule has 0 aliphatic heterocycles. The van der Waals surface area contributed by atoms with E-state index in [1.54, 1.807) is 24.5 Å². The zero-order valence-electron chi connectivity index (χ0n) is 9.87. The second kappa shape index (κ2) is 6.14. The quantitative estimate of drug-likeness (QED) is 0.905. The summed E-state index contributed by atoms with van der Waals surface area (Å²) < 4.78 is 11.0. The Morgan fingerprint density at radius 2 is 2.06 bits per heavy atom. The van der Waals surface area contributed by atoms with Gasteiger partial charge in [0.15, 0.2) is 0 Å².